The van der Waals surface area contributed by atoms with Gasteiger partial charge in [-0.05, 0) is 68.8 Å². The van der Waals surface area contributed by atoms with E-state index in [1.54, 1.807) is 12.1 Å². The van der Waals surface area contributed by atoms with Crippen molar-refractivity contribution >= 4 is 17.5 Å². The zero-order valence-electron chi connectivity index (χ0n) is 18.3. The molecule has 6 nitrogen and oxygen atoms in total. The lowest BCUT2D eigenvalue weighted by molar-refractivity contribution is -0.134. The summed E-state index contributed by atoms with van der Waals surface area (Å²) in [6.45, 7) is 6.37. The Labute approximate surface area is 179 Å². The molecule has 0 radical (unpaired) electrons. The largest absolute Gasteiger partial charge is 0.341 e. The first-order chi connectivity index (χ1) is 14.2. The normalized spacial score (nSPS) is 24.3. The predicted octanol–water partition coefficient (Wildman–Crippen LogP) is 2.70. The highest BCUT2D eigenvalue weighted by molar-refractivity contribution is 5.92. The molecule has 0 spiro atoms. The molecule has 2 aliphatic rings. The van der Waals surface area contributed by atoms with Crippen molar-refractivity contribution in [2.45, 2.75) is 51.6 Å². The maximum Gasteiger partial charge on any atom is 0.239 e. The summed E-state index contributed by atoms with van der Waals surface area (Å²) in [7, 11) is 2.08. The minimum atomic E-state index is -0.407. The van der Waals surface area contributed by atoms with Gasteiger partial charge in [-0.2, -0.15) is 0 Å². The van der Waals surface area contributed by atoms with Gasteiger partial charge in [0.2, 0.25) is 11.8 Å². The number of hydrogen-bond acceptors (Lipinski definition) is 4. The molecule has 3 N–H and O–H groups in total. The maximum atomic E-state index is 13.1. The number of carbonyl (C=O) groups excluding carboxylic acids is 2. The third-order valence-corrected chi connectivity index (χ3v) is 6.52. The van der Waals surface area contributed by atoms with Crippen molar-refractivity contribution in [3.8, 4) is 0 Å². The molecule has 0 saturated carbocycles. The second-order valence-electron chi connectivity index (χ2n) is 9.33. The maximum absolute atomic E-state index is 13.1. The average molecular weight is 419 g/mol. The molecule has 7 heteroatoms. The molecule has 0 aliphatic carbocycles. The second kappa shape index (κ2) is 9.88. The van der Waals surface area contributed by atoms with Crippen LogP contribution in [0.5, 0.6) is 0 Å². The molecule has 0 bridgehead atoms. The van der Waals surface area contributed by atoms with Gasteiger partial charge in [-0.25, -0.2) is 4.39 Å². The monoisotopic (exact) mass is 418 g/mol. The van der Waals surface area contributed by atoms with E-state index in [2.05, 4.69) is 31.1 Å². The Balaban J connectivity index is 1.50. The van der Waals surface area contributed by atoms with E-state index in [1.165, 1.54) is 12.1 Å². The van der Waals surface area contributed by atoms with Crippen molar-refractivity contribution in [1.82, 2.24) is 9.80 Å². The predicted molar refractivity (Wildman–Crippen MR) is 116 cm³/mol. The van der Waals surface area contributed by atoms with Crippen LogP contribution in [0.2, 0.25) is 0 Å². The lowest BCUT2D eigenvalue weighted by Gasteiger charge is -2.38. The first kappa shape index (κ1) is 22.7. The summed E-state index contributed by atoms with van der Waals surface area (Å²) < 4.78 is 13.1. The highest BCUT2D eigenvalue weighted by Crippen LogP contribution is 2.33. The molecule has 3 rings (SSSR count). The summed E-state index contributed by atoms with van der Waals surface area (Å²) in [6, 6.07) is 5.80. The average Bonchev–Trinajstić information content (AvgIpc) is 3.10. The van der Waals surface area contributed by atoms with E-state index in [0.29, 0.717) is 23.6 Å². The van der Waals surface area contributed by atoms with Gasteiger partial charge in [0, 0.05) is 31.4 Å². The molecule has 2 aliphatic heterocycles. The van der Waals surface area contributed by atoms with Crippen LogP contribution in [-0.4, -0.2) is 60.4 Å². The molecule has 2 amide bonds. The van der Waals surface area contributed by atoms with Crippen LogP contribution in [0.25, 0.3) is 0 Å². The standard InChI is InChI=1S/C23H35FN4O2/c1-15(2)12-20(25)23(30)28-10-8-16(9-11-28)21-13-17(14-27(21)3)22(29)26-19-6-4-18(24)5-7-19/h4-7,15-17,20-21H,8-14,25H2,1-3H3,(H,26,29). The Morgan fingerprint density at radius 2 is 1.83 bits per heavy atom. The first-order valence-corrected chi connectivity index (χ1v) is 11.1. The number of nitrogens with two attached hydrogens (primary N) is 1. The van der Waals surface area contributed by atoms with Gasteiger partial charge in [0.25, 0.3) is 0 Å². The van der Waals surface area contributed by atoms with Crippen molar-refractivity contribution in [2.24, 2.45) is 23.5 Å². The number of rotatable bonds is 6. The van der Waals surface area contributed by atoms with E-state index >= 15 is 0 Å². The summed E-state index contributed by atoms with van der Waals surface area (Å²) in [6.07, 6.45) is 3.42. The van der Waals surface area contributed by atoms with E-state index in [1.807, 2.05) is 4.90 Å². The van der Waals surface area contributed by atoms with Crippen LogP contribution in [0.1, 0.15) is 39.5 Å². The van der Waals surface area contributed by atoms with Gasteiger partial charge in [-0.3, -0.25) is 9.59 Å². The molecule has 2 saturated heterocycles. The Bertz CT molecular complexity index is 731. The summed E-state index contributed by atoms with van der Waals surface area (Å²) in [4.78, 5) is 29.4. The number of hydrogen-bond donors (Lipinski definition) is 2. The van der Waals surface area contributed by atoms with Gasteiger partial charge >= 0.3 is 0 Å². The van der Waals surface area contributed by atoms with Crippen molar-refractivity contribution < 1.29 is 14.0 Å². The van der Waals surface area contributed by atoms with Crippen LogP contribution in [0.15, 0.2) is 24.3 Å². The van der Waals surface area contributed by atoms with Crippen molar-refractivity contribution in [3.63, 3.8) is 0 Å². The minimum Gasteiger partial charge on any atom is -0.341 e. The van der Waals surface area contributed by atoms with Gasteiger partial charge in [0.05, 0.1) is 12.0 Å². The summed E-state index contributed by atoms with van der Waals surface area (Å²) in [5.41, 5.74) is 6.71. The molecule has 2 fully saturated rings. The van der Waals surface area contributed by atoms with Crippen LogP contribution < -0.4 is 11.1 Å². The molecule has 0 aromatic heterocycles. The van der Waals surface area contributed by atoms with Crippen LogP contribution in [0.4, 0.5) is 10.1 Å². The second-order valence-corrected chi connectivity index (χ2v) is 9.33. The number of halogens is 1. The number of likely N-dealkylation sites (tertiary alicyclic amines) is 2. The summed E-state index contributed by atoms with van der Waals surface area (Å²) in [5, 5.41) is 2.91. The highest BCUT2D eigenvalue weighted by atomic mass is 19.1. The Hall–Kier alpha value is -1.99. The van der Waals surface area contributed by atoms with E-state index < -0.39 is 6.04 Å². The Morgan fingerprint density at radius 3 is 2.43 bits per heavy atom. The molecule has 2 heterocycles. The van der Waals surface area contributed by atoms with E-state index in [-0.39, 0.29) is 23.5 Å². The van der Waals surface area contributed by atoms with Crippen molar-refractivity contribution in [2.75, 3.05) is 32.0 Å². The van der Waals surface area contributed by atoms with E-state index in [0.717, 1.165) is 45.3 Å². The van der Waals surface area contributed by atoms with Crippen LogP contribution in [-0.2, 0) is 9.59 Å². The number of benzene rings is 1. The Morgan fingerprint density at radius 1 is 1.20 bits per heavy atom. The molecular formula is C23H35FN4O2. The van der Waals surface area contributed by atoms with Crippen molar-refractivity contribution in [3.05, 3.63) is 30.1 Å². The molecule has 3 atom stereocenters. The minimum absolute atomic E-state index is 0.0109. The lowest BCUT2D eigenvalue weighted by Crippen LogP contribution is -2.49. The zero-order chi connectivity index (χ0) is 21.8. The number of anilines is 1. The fourth-order valence-corrected chi connectivity index (χ4v) is 4.90. The molecule has 166 valence electrons. The number of nitrogens with one attached hydrogen (secondary N) is 1. The third-order valence-electron chi connectivity index (χ3n) is 6.52. The molecule has 30 heavy (non-hydrogen) atoms. The molecule has 1 aromatic rings. The van der Waals surface area contributed by atoms with Gasteiger partial charge in [0.1, 0.15) is 5.82 Å². The zero-order valence-corrected chi connectivity index (χ0v) is 18.3. The van der Waals surface area contributed by atoms with Gasteiger partial charge in [0.15, 0.2) is 0 Å². The SMILES string of the molecule is CC(C)CC(N)C(=O)N1CCC(C2CC(C(=O)Nc3ccc(F)cc3)CN2C)CC1. The smallest absolute Gasteiger partial charge is 0.239 e. The number of nitrogens with zero attached hydrogens (tertiary/aromatic N) is 2. The van der Waals surface area contributed by atoms with E-state index in [4.69, 9.17) is 5.73 Å². The molecule has 3 unspecified atom stereocenters. The van der Waals surface area contributed by atoms with Gasteiger partial charge < -0.3 is 20.9 Å². The summed E-state index contributed by atoms with van der Waals surface area (Å²) in [5.74, 6) is 0.546. The van der Waals surface area contributed by atoms with Crippen molar-refractivity contribution in [1.29, 1.82) is 0 Å². The first-order valence-electron chi connectivity index (χ1n) is 11.1. The fraction of sp³-hybridized carbons (Fsp3) is 0.652. The van der Waals surface area contributed by atoms with Crippen LogP contribution in [0, 0.1) is 23.6 Å². The third kappa shape index (κ3) is 5.58. The highest BCUT2D eigenvalue weighted by Gasteiger charge is 2.40. The number of amides is 2. The number of carbonyl (C=O) groups is 2. The fourth-order valence-electron chi connectivity index (χ4n) is 4.90. The summed E-state index contributed by atoms with van der Waals surface area (Å²) >= 11 is 0. The van der Waals surface area contributed by atoms with Crippen LogP contribution >= 0.6 is 0 Å². The number of piperidine rings is 1. The topological polar surface area (TPSA) is 78.7 Å². The quantitative estimate of drug-likeness (QED) is 0.745. The Kier molecular flexibility index (Phi) is 7.47. The molecule has 1 aromatic carbocycles. The van der Waals surface area contributed by atoms with Gasteiger partial charge in [-0.15, -0.1) is 0 Å². The van der Waals surface area contributed by atoms with Gasteiger partial charge in [-0.1, -0.05) is 13.8 Å². The molecular weight excluding hydrogens is 383 g/mol. The van der Waals surface area contributed by atoms with Crippen LogP contribution in [0.3, 0.4) is 0 Å². The van der Waals surface area contributed by atoms with E-state index in [9.17, 15) is 14.0 Å². The lowest BCUT2D eigenvalue weighted by atomic mass is 9.86.